The minimum Gasteiger partial charge on any atom is -0.299 e. The van der Waals surface area contributed by atoms with Crippen molar-refractivity contribution in [2.24, 2.45) is 0 Å². The van der Waals surface area contributed by atoms with E-state index in [1.54, 1.807) is 35.1 Å². The molecular formula is C18H18N4O2. The third-order valence-corrected chi connectivity index (χ3v) is 3.74. The monoisotopic (exact) mass is 322 g/mol. The van der Waals surface area contributed by atoms with Crippen LogP contribution in [-0.2, 0) is 6.54 Å². The number of hydrogen-bond donors (Lipinski definition) is 0. The molecule has 3 rings (SSSR count). The van der Waals surface area contributed by atoms with Crippen molar-refractivity contribution in [3.05, 3.63) is 47.2 Å². The van der Waals surface area contributed by atoms with Crippen LogP contribution < -0.4 is 4.90 Å². The van der Waals surface area contributed by atoms with E-state index in [0.717, 1.165) is 0 Å². The lowest BCUT2D eigenvalue weighted by Crippen LogP contribution is -2.32. The summed E-state index contributed by atoms with van der Waals surface area (Å²) >= 11 is 0. The van der Waals surface area contributed by atoms with Crippen molar-refractivity contribution in [2.75, 3.05) is 25.5 Å². The molecule has 0 fully saturated rings. The van der Waals surface area contributed by atoms with Crippen molar-refractivity contribution >= 4 is 17.6 Å². The SMILES string of the molecule is CCn1ncc(C#CCN(C)C)c1N1C(=O)c2ccccc2C1=O. The molecule has 0 spiro atoms. The topological polar surface area (TPSA) is 58.4 Å². The molecule has 0 bridgehead atoms. The number of anilines is 1. The first-order chi connectivity index (χ1) is 11.5. The number of rotatable bonds is 3. The Morgan fingerprint density at radius 1 is 1.12 bits per heavy atom. The summed E-state index contributed by atoms with van der Waals surface area (Å²) in [5.74, 6) is 5.83. The lowest BCUT2D eigenvalue weighted by Gasteiger charge is -2.15. The summed E-state index contributed by atoms with van der Waals surface area (Å²) in [6.45, 7) is 3.03. The molecule has 0 saturated carbocycles. The van der Waals surface area contributed by atoms with Gasteiger partial charge in [0.1, 0.15) is 0 Å². The number of carbonyl (C=O) groups excluding carboxylic acids is 2. The Hall–Kier alpha value is -2.91. The molecule has 1 aliphatic heterocycles. The first-order valence-electron chi connectivity index (χ1n) is 7.71. The summed E-state index contributed by atoms with van der Waals surface area (Å²) in [5, 5.41) is 4.26. The molecule has 1 aliphatic rings. The van der Waals surface area contributed by atoms with Gasteiger partial charge in [-0.3, -0.25) is 14.5 Å². The lowest BCUT2D eigenvalue weighted by molar-refractivity contribution is 0.0923. The van der Waals surface area contributed by atoms with Crippen LogP contribution in [0.1, 0.15) is 33.2 Å². The van der Waals surface area contributed by atoms with Crippen molar-refractivity contribution in [1.82, 2.24) is 14.7 Å². The highest BCUT2D eigenvalue weighted by molar-refractivity contribution is 6.34. The summed E-state index contributed by atoms with van der Waals surface area (Å²) in [4.78, 5) is 28.6. The Balaban J connectivity index is 2.06. The van der Waals surface area contributed by atoms with E-state index in [1.165, 1.54) is 4.90 Å². The van der Waals surface area contributed by atoms with E-state index in [1.807, 2.05) is 25.9 Å². The van der Waals surface area contributed by atoms with Crippen LogP contribution in [-0.4, -0.2) is 47.1 Å². The molecule has 0 unspecified atom stereocenters. The largest absolute Gasteiger partial charge is 0.299 e. The molecule has 24 heavy (non-hydrogen) atoms. The molecule has 0 aliphatic carbocycles. The van der Waals surface area contributed by atoms with Crippen LogP contribution >= 0.6 is 0 Å². The highest BCUT2D eigenvalue weighted by atomic mass is 16.2. The molecule has 0 radical (unpaired) electrons. The lowest BCUT2D eigenvalue weighted by atomic mass is 10.1. The molecule has 2 amide bonds. The van der Waals surface area contributed by atoms with Crippen LogP contribution in [0.4, 0.5) is 5.82 Å². The second-order valence-corrected chi connectivity index (χ2v) is 5.73. The fraction of sp³-hybridized carbons (Fsp3) is 0.278. The predicted molar refractivity (Wildman–Crippen MR) is 90.9 cm³/mol. The predicted octanol–water partition coefficient (Wildman–Crippen LogP) is 1.62. The number of carbonyl (C=O) groups is 2. The molecular weight excluding hydrogens is 304 g/mol. The first kappa shape index (κ1) is 16.0. The van der Waals surface area contributed by atoms with Crippen molar-refractivity contribution in [3.8, 4) is 11.8 Å². The third-order valence-electron chi connectivity index (χ3n) is 3.74. The number of aromatic nitrogens is 2. The van der Waals surface area contributed by atoms with Crippen molar-refractivity contribution in [2.45, 2.75) is 13.5 Å². The van der Waals surface area contributed by atoms with Gasteiger partial charge in [-0.05, 0) is 33.2 Å². The van der Waals surface area contributed by atoms with Crippen molar-refractivity contribution < 1.29 is 9.59 Å². The van der Waals surface area contributed by atoms with Gasteiger partial charge >= 0.3 is 0 Å². The molecule has 0 atom stereocenters. The molecule has 2 heterocycles. The Kier molecular flexibility index (Phi) is 4.19. The highest BCUT2D eigenvalue weighted by Gasteiger charge is 2.39. The van der Waals surface area contributed by atoms with Gasteiger partial charge in [0.15, 0.2) is 5.82 Å². The van der Waals surface area contributed by atoms with Crippen molar-refractivity contribution in [3.63, 3.8) is 0 Å². The van der Waals surface area contributed by atoms with Crippen LogP contribution in [0.15, 0.2) is 30.5 Å². The van der Waals surface area contributed by atoms with E-state index in [4.69, 9.17) is 0 Å². The average molecular weight is 322 g/mol. The molecule has 0 saturated heterocycles. The number of fused-ring (bicyclic) bond motifs is 1. The zero-order chi connectivity index (χ0) is 17.3. The minimum atomic E-state index is -0.332. The van der Waals surface area contributed by atoms with Crippen LogP contribution in [0.25, 0.3) is 0 Å². The second kappa shape index (κ2) is 6.30. The number of benzene rings is 1. The number of hydrogen-bond acceptors (Lipinski definition) is 4. The zero-order valence-electron chi connectivity index (χ0n) is 13.9. The Morgan fingerprint density at radius 3 is 2.29 bits per heavy atom. The second-order valence-electron chi connectivity index (χ2n) is 5.73. The summed E-state index contributed by atoms with van der Waals surface area (Å²) in [6.07, 6.45) is 1.60. The van der Waals surface area contributed by atoms with Gasteiger partial charge in [-0.1, -0.05) is 24.0 Å². The highest BCUT2D eigenvalue weighted by Crippen LogP contribution is 2.30. The summed E-state index contributed by atoms with van der Waals surface area (Å²) in [7, 11) is 3.85. The van der Waals surface area contributed by atoms with Gasteiger partial charge in [0, 0.05) is 6.54 Å². The first-order valence-corrected chi connectivity index (χ1v) is 7.71. The smallest absolute Gasteiger partial charge is 0.267 e. The normalized spacial score (nSPS) is 13.2. The summed E-state index contributed by atoms with van der Waals surface area (Å²) < 4.78 is 1.63. The molecule has 122 valence electrons. The van der Waals surface area contributed by atoms with Gasteiger partial charge in [0.05, 0.1) is 29.4 Å². The molecule has 0 N–H and O–H groups in total. The fourth-order valence-electron chi connectivity index (χ4n) is 2.61. The maximum atomic E-state index is 12.7. The van der Waals surface area contributed by atoms with Gasteiger partial charge in [0.2, 0.25) is 0 Å². The maximum Gasteiger partial charge on any atom is 0.267 e. The average Bonchev–Trinajstić information content (AvgIpc) is 3.07. The van der Waals surface area contributed by atoms with E-state index < -0.39 is 0 Å². The summed E-state index contributed by atoms with van der Waals surface area (Å²) in [6, 6.07) is 6.84. The Bertz CT molecular complexity index is 836. The van der Waals surface area contributed by atoms with E-state index in [0.29, 0.717) is 35.6 Å². The summed E-state index contributed by atoms with van der Waals surface area (Å²) in [5.41, 5.74) is 1.41. The Labute approximate surface area is 140 Å². The van der Waals surface area contributed by atoms with Gasteiger partial charge in [-0.2, -0.15) is 5.10 Å². The van der Waals surface area contributed by atoms with Crippen LogP contribution in [0.3, 0.4) is 0 Å². The molecule has 1 aromatic carbocycles. The number of aryl methyl sites for hydroxylation is 1. The van der Waals surface area contributed by atoms with Gasteiger partial charge in [-0.15, -0.1) is 0 Å². The Morgan fingerprint density at radius 2 is 1.75 bits per heavy atom. The van der Waals surface area contributed by atoms with E-state index in [9.17, 15) is 9.59 Å². The number of imide groups is 1. The zero-order valence-corrected chi connectivity index (χ0v) is 13.9. The van der Waals surface area contributed by atoms with Crippen LogP contribution in [0.2, 0.25) is 0 Å². The number of amides is 2. The molecule has 6 heteroatoms. The quantitative estimate of drug-likeness (QED) is 0.636. The minimum absolute atomic E-state index is 0.332. The molecule has 6 nitrogen and oxygen atoms in total. The van der Waals surface area contributed by atoms with E-state index in [-0.39, 0.29) is 11.8 Å². The van der Waals surface area contributed by atoms with Crippen LogP contribution in [0.5, 0.6) is 0 Å². The van der Waals surface area contributed by atoms with Crippen molar-refractivity contribution in [1.29, 1.82) is 0 Å². The molecule has 1 aromatic heterocycles. The fourth-order valence-corrected chi connectivity index (χ4v) is 2.61. The molecule has 2 aromatic rings. The standard InChI is InChI=1S/C18H18N4O2/c1-4-21-16(13(12-19-21)8-7-11-20(2)3)22-17(23)14-9-5-6-10-15(14)18(22)24/h5-6,9-10,12H,4,11H2,1-3H3. The van der Waals surface area contributed by atoms with E-state index in [2.05, 4.69) is 16.9 Å². The maximum absolute atomic E-state index is 12.7. The van der Waals surface area contributed by atoms with Gasteiger partial charge < -0.3 is 0 Å². The van der Waals surface area contributed by atoms with E-state index >= 15 is 0 Å². The third kappa shape index (κ3) is 2.59. The van der Waals surface area contributed by atoms with Gasteiger partial charge in [0.25, 0.3) is 11.8 Å². The van der Waals surface area contributed by atoms with Gasteiger partial charge in [-0.25, -0.2) is 9.58 Å². The number of nitrogens with zero attached hydrogens (tertiary/aromatic N) is 4. The van der Waals surface area contributed by atoms with Crippen LogP contribution in [0, 0.1) is 11.8 Å².